The first kappa shape index (κ1) is 20.3. The Balaban J connectivity index is 0. The molecule has 0 aromatic heterocycles. The first-order valence-electron chi connectivity index (χ1n) is 6.76. The van der Waals surface area contributed by atoms with Crippen LogP contribution in [0.5, 0.6) is 0 Å². The normalized spacial score (nSPS) is 10.3. The van der Waals surface area contributed by atoms with Gasteiger partial charge in [0.15, 0.2) is 0 Å². The molecule has 102 valence electrons. The summed E-state index contributed by atoms with van der Waals surface area (Å²) in [6.07, 6.45) is 5.95. The number of rotatable bonds is 9. The third-order valence-electron chi connectivity index (χ3n) is 2.00. The fraction of sp³-hybridized carbons (Fsp3) is 1.00. The summed E-state index contributed by atoms with van der Waals surface area (Å²) >= 11 is 0.224. The van der Waals surface area contributed by atoms with Crippen molar-refractivity contribution in [1.29, 1.82) is 0 Å². The van der Waals surface area contributed by atoms with Crippen molar-refractivity contribution in [1.82, 2.24) is 0 Å². The molecule has 17 heavy (non-hydrogen) atoms. The number of hydrogen-bond acceptors (Lipinski definition) is 3. The predicted octanol–water partition coefficient (Wildman–Crippen LogP) is 2.23. The molecule has 0 aromatic carbocycles. The van der Waals surface area contributed by atoms with Crippen LogP contribution >= 0.6 is 0 Å². The average Bonchev–Trinajstić information content (AvgIpc) is 2.24. The van der Waals surface area contributed by atoms with E-state index in [1.807, 2.05) is 27.7 Å². The lowest BCUT2D eigenvalue weighted by Gasteiger charge is -2.09. The van der Waals surface area contributed by atoms with E-state index in [-0.39, 0.29) is 0 Å². The molecule has 0 saturated heterocycles. The van der Waals surface area contributed by atoms with Crippen molar-refractivity contribution < 1.29 is 11.4 Å². The van der Waals surface area contributed by atoms with Gasteiger partial charge in [0.1, 0.15) is 0 Å². The Morgan fingerprint density at radius 1 is 0.941 bits per heavy atom. The van der Waals surface area contributed by atoms with Gasteiger partial charge in [-0.1, -0.05) is 26.2 Å². The largest absolute Gasteiger partial charge is 0.650 e. The van der Waals surface area contributed by atoms with Gasteiger partial charge in [-0.05, 0) is 34.1 Å². The van der Waals surface area contributed by atoms with Gasteiger partial charge in [0.25, 0.3) is 0 Å². The molecular formula is C12H30Al2O3. The van der Waals surface area contributed by atoms with Crippen LogP contribution in [0.25, 0.3) is 0 Å². The lowest BCUT2D eigenvalue weighted by molar-refractivity contribution is 0.152. The highest BCUT2D eigenvalue weighted by Crippen LogP contribution is 1.97. The number of hydrogen-bond donors (Lipinski definition) is 0. The molecule has 0 radical (unpaired) electrons. The van der Waals surface area contributed by atoms with E-state index in [2.05, 4.69) is 6.92 Å². The molecule has 0 aliphatic heterocycles. The topological polar surface area (TPSA) is 27.7 Å². The molecule has 0 spiro atoms. The highest BCUT2D eigenvalue weighted by Gasteiger charge is 2.01. The molecule has 0 aliphatic carbocycles. The quantitative estimate of drug-likeness (QED) is 0.477. The van der Waals surface area contributed by atoms with E-state index in [9.17, 15) is 0 Å². The first-order chi connectivity index (χ1) is 8.04. The molecule has 0 heterocycles. The standard InChI is InChI=1S/C6H13O.2C3H7O.2Al.3H/c1-2-3-4-5-6-7;2*1-3(2)4;;;;;/h2-6H2,1H3;2*3H,1-2H3;;;;;/q3*-1;+1;+2;;;. The van der Waals surface area contributed by atoms with Gasteiger partial charge in [-0.2, -0.15) is 0 Å². The highest BCUT2D eigenvalue weighted by molar-refractivity contribution is 6.18. The zero-order valence-corrected chi connectivity index (χ0v) is 16.0. The summed E-state index contributed by atoms with van der Waals surface area (Å²) in [5, 5.41) is 0. The number of unbranched alkanes of at least 4 members (excludes halogenated alkanes) is 3. The van der Waals surface area contributed by atoms with Gasteiger partial charge < -0.3 is 11.4 Å². The molecular weight excluding hydrogens is 246 g/mol. The summed E-state index contributed by atoms with van der Waals surface area (Å²) in [5.74, 6) is 0. The fourth-order valence-corrected chi connectivity index (χ4v) is 1.90. The minimum absolute atomic E-state index is 0.329. The maximum Gasteiger partial charge on any atom is 0.650 e. The summed E-state index contributed by atoms with van der Waals surface area (Å²) in [4.78, 5) is 0. The van der Waals surface area contributed by atoms with E-state index in [4.69, 9.17) is 11.4 Å². The zero-order chi connectivity index (χ0) is 13.5. The molecule has 3 nitrogen and oxygen atoms in total. The van der Waals surface area contributed by atoms with Crippen LogP contribution in [-0.2, 0) is 11.4 Å². The monoisotopic (exact) mass is 276 g/mol. The van der Waals surface area contributed by atoms with Crippen LogP contribution in [0.15, 0.2) is 0 Å². The molecule has 0 fully saturated rings. The highest BCUT2D eigenvalue weighted by atomic mass is 27.2. The molecule has 0 aromatic rings. The first-order valence-corrected chi connectivity index (χ1v) is 8.73. The van der Waals surface area contributed by atoms with Gasteiger partial charge in [0, 0.05) is 18.8 Å². The Kier molecular flexibility index (Phi) is 20.2. The van der Waals surface area contributed by atoms with Crippen molar-refractivity contribution in [3.63, 3.8) is 0 Å². The average molecular weight is 276 g/mol. The molecule has 0 bridgehead atoms. The summed E-state index contributed by atoms with van der Waals surface area (Å²) < 4.78 is 15.6. The molecule has 0 N–H and O–H groups in total. The van der Waals surface area contributed by atoms with Crippen molar-refractivity contribution in [2.45, 2.75) is 72.5 Å². The fourth-order valence-electron chi connectivity index (χ4n) is 0.985. The van der Waals surface area contributed by atoms with Crippen LogP contribution in [0.1, 0.15) is 60.3 Å². The smallest absolute Gasteiger partial charge is 0.506 e. The molecule has 0 atom stereocenters. The Hall–Kier alpha value is 0.945. The third-order valence-corrected chi connectivity index (χ3v) is 4.02. The van der Waals surface area contributed by atoms with Gasteiger partial charge in [0.2, 0.25) is 0 Å². The van der Waals surface area contributed by atoms with Crippen molar-refractivity contribution in [3.05, 3.63) is 0 Å². The second-order valence-corrected chi connectivity index (χ2v) is 6.08. The molecule has 0 saturated carbocycles. The van der Waals surface area contributed by atoms with Gasteiger partial charge in [-0.15, -0.1) is 0 Å². The van der Waals surface area contributed by atoms with Gasteiger partial charge in [0.05, 0.1) is 0 Å². The molecule has 0 unspecified atom stereocenters. The second kappa shape index (κ2) is 16.9. The van der Waals surface area contributed by atoms with Crippen LogP contribution in [-0.4, -0.2) is 51.3 Å². The molecule has 5 heteroatoms. The Morgan fingerprint density at radius 3 is 1.82 bits per heavy atom. The second-order valence-electron chi connectivity index (χ2n) is 4.60. The Bertz CT molecular complexity index is 119. The summed E-state index contributed by atoms with van der Waals surface area (Å²) in [5.41, 5.74) is 0. The van der Waals surface area contributed by atoms with Crippen LogP contribution in [0.3, 0.4) is 0 Å². The van der Waals surface area contributed by atoms with Crippen molar-refractivity contribution in [2.75, 3.05) is 6.61 Å². The van der Waals surface area contributed by atoms with Crippen LogP contribution in [0, 0.1) is 0 Å². The van der Waals surface area contributed by atoms with E-state index < -0.39 is 15.9 Å². The zero-order valence-electron chi connectivity index (χ0n) is 12.6. The van der Waals surface area contributed by atoms with Crippen molar-refractivity contribution >= 4 is 32.5 Å². The maximum atomic E-state index is 5.27. The van der Waals surface area contributed by atoms with Gasteiger partial charge >= 0.3 is 32.5 Å². The van der Waals surface area contributed by atoms with E-state index in [1.165, 1.54) is 25.7 Å². The minimum atomic E-state index is -0.684. The maximum absolute atomic E-state index is 5.27. The van der Waals surface area contributed by atoms with Crippen molar-refractivity contribution in [3.8, 4) is 0 Å². The van der Waals surface area contributed by atoms with Gasteiger partial charge in [-0.25, -0.2) is 0 Å². The lowest BCUT2D eigenvalue weighted by Crippen LogP contribution is -2.14. The van der Waals surface area contributed by atoms with E-state index >= 15 is 0 Å². The minimum Gasteiger partial charge on any atom is -0.506 e. The lowest BCUT2D eigenvalue weighted by atomic mass is 10.2. The van der Waals surface area contributed by atoms with E-state index in [1.54, 1.807) is 0 Å². The molecule has 0 rings (SSSR count). The molecule has 0 aliphatic rings. The Morgan fingerprint density at radius 2 is 1.47 bits per heavy atom. The molecule has 0 amide bonds. The summed E-state index contributed by atoms with van der Waals surface area (Å²) in [6, 6.07) is 0. The Labute approximate surface area is 123 Å². The van der Waals surface area contributed by atoms with E-state index in [0.717, 1.165) is 23.2 Å². The SMILES string of the molecule is CC(C)[O][AlH][O]C(C)C.CCCCCC[O][AlH2]. The van der Waals surface area contributed by atoms with Crippen molar-refractivity contribution in [2.24, 2.45) is 0 Å². The third kappa shape index (κ3) is 26.5. The van der Waals surface area contributed by atoms with Gasteiger partial charge in [-0.3, -0.25) is 0 Å². The van der Waals surface area contributed by atoms with E-state index in [0.29, 0.717) is 12.2 Å². The predicted molar refractivity (Wildman–Crippen MR) is 78.2 cm³/mol. The summed E-state index contributed by atoms with van der Waals surface area (Å²) in [7, 11) is 0. The summed E-state index contributed by atoms with van der Waals surface area (Å²) in [6.45, 7) is 11.3. The van der Waals surface area contributed by atoms with Crippen LogP contribution in [0.2, 0.25) is 0 Å². The van der Waals surface area contributed by atoms with Crippen LogP contribution < -0.4 is 0 Å². The van der Waals surface area contributed by atoms with Crippen LogP contribution in [0.4, 0.5) is 0 Å².